The lowest BCUT2D eigenvalue weighted by molar-refractivity contribution is -0.133. The number of nitrogens with one attached hydrogen (secondary N) is 1. The summed E-state index contributed by atoms with van der Waals surface area (Å²) in [5.74, 6) is 1.16. The molecule has 2 amide bonds. The van der Waals surface area contributed by atoms with Crippen molar-refractivity contribution < 1.29 is 14.3 Å². The number of rotatable bonds is 9. The van der Waals surface area contributed by atoms with Crippen LogP contribution < -0.4 is 10.1 Å². The van der Waals surface area contributed by atoms with Crippen molar-refractivity contribution in [2.45, 2.75) is 43.7 Å². The van der Waals surface area contributed by atoms with Crippen LogP contribution in [0, 0.1) is 5.92 Å². The van der Waals surface area contributed by atoms with E-state index < -0.39 is 5.41 Å². The van der Waals surface area contributed by atoms with Gasteiger partial charge in [0, 0.05) is 40.2 Å². The van der Waals surface area contributed by atoms with Crippen molar-refractivity contribution >= 4 is 11.8 Å². The SMILES string of the molecule is COc1cccc([C@]2(C(=O)N(C)Cc3ccccc3)C[C@H]2CN2CCC(NC(C)=O)(c3ccccc3)CC2)c1. The molecule has 3 aromatic rings. The van der Waals surface area contributed by atoms with Crippen molar-refractivity contribution in [1.29, 1.82) is 0 Å². The van der Waals surface area contributed by atoms with Gasteiger partial charge in [-0.25, -0.2) is 0 Å². The van der Waals surface area contributed by atoms with Crippen molar-refractivity contribution in [3.8, 4) is 5.75 Å². The Bertz CT molecular complexity index is 1290. The molecule has 1 heterocycles. The van der Waals surface area contributed by atoms with Crippen molar-refractivity contribution in [3.05, 3.63) is 102 Å². The molecule has 1 N–H and O–H groups in total. The highest BCUT2D eigenvalue weighted by atomic mass is 16.5. The number of likely N-dealkylation sites (N-methyl/N-ethyl adjacent to an activating group) is 1. The van der Waals surface area contributed by atoms with Gasteiger partial charge in [0.2, 0.25) is 11.8 Å². The van der Waals surface area contributed by atoms with Crippen LogP contribution in [0.4, 0.5) is 0 Å². The second-order valence-electron chi connectivity index (χ2n) is 11.2. The fourth-order valence-corrected chi connectivity index (χ4v) is 6.47. The molecule has 1 saturated carbocycles. The third-order valence-corrected chi connectivity index (χ3v) is 8.61. The number of carbonyl (C=O) groups excluding carboxylic acids is 2. The van der Waals surface area contributed by atoms with E-state index in [1.54, 1.807) is 14.0 Å². The predicted octanol–water partition coefficient (Wildman–Crippen LogP) is 4.74. The van der Waals surface area contributed by atoms with Gasteiger partial charge in [-0.15, -0.1) is 0 Å². The molecular formula is C33H39N3O3. The first-order chi connectivity index (χ1) is 18.9. The second-order valence-corrected chi connectivity index (χ2v) is 11.2. The van der Waals surface area contributed by atoms with Gasteiger partial charge in [-0.3, -0.25) is 9.59 Å². The number of nitrogens with zero attached hydrogens (tertiary/aromatic N) is 2. The first-order valence-electron chi connectivity index (χ1n) is 13.9. The average molecular weight is 526 g/mol. The number of piperidine rings is 1. The van der Waals surface area contributed by atoms with Gasteiger partial charge in [0.1, 0.15) is 5.75 Å². The molecule has 2 atom stereocenters. The Morgan fingerprint density at radius 2 is 1.59 bits per heavy atom. The van der Waals surface area contributed by atoms with E-state index in [0.29, 0.717) is 6.54 Å². The van der Waals surface area contributed by atoms with E-state index in [0.717, 1.165) is 61.3 Å². The molecule has 1 saturated heterocycles. The van der Waals surface area contributed by atoms with E-state index in [4.69, 9.17) is 4.74 Å². The summed E-state index contributed by atoms with van der Waals surface area (Å²) in [5.41, 5.74) is 2.42. The predicted molar refractivity (Wildman–Crippen MR) is 153 cm³/mol. The molecule has 6 heteroatoms. The highest BCUT2D eigenvalue weighted by Gasteiger charge is 2.62. The third kappa shape index (κ3) is 5.57. The Morgan fingerprint density at radius 3 is 2.23 bits per heavy atom. The number of hydrogen-bond acceptors (Lipinski definition) is 4. The van der Waals surface area contributed by atoms with Crippen LogP contribution in [-0.4, -0.2) is 55.4 Å². The number of amides is 2. The fraction of sp³-hybridized carbons (Fsp3) is 0.394. The lowest BCUT2D eigenvalue weighted by Gasteiger charge is -2.43. The van der Waals surface area contributed by atoms with Crippen molar-refractivity contribution in [1.82, 2.24) is 15.1 Å². The molecule has 1 aliphatic heterocycles. The summed E-state index contributed by atoms with van der Waals surface area (Å²) in [6.07, 6.45) is 2.51. The summed E-state index contributed by atoms with van der Waals surface area (Å²) < 4.78 is 5.53. The van der Waals surface area contributed by atoms with Crippen molar-refractivity contribution in [3.63, 3.8) is 0 Å². The zero-order valence-corrected chi connectivity index (χ0v) is 23.2. The highest BCUT2D eigenvalue weighted by Crippen LogP contribution is 2.56. The lowest BCUT2D eigenvalue weighted by Crippen LogP contribution is -2.53. The summed E-state index contributed by atoms with van der Waals surface area (Å²) in [5, 5.41) is 3.27. The molecule has 204 valence electrons. The molecule has 2 fully saturated rings. The van der Waals surface area contributed by atoms with Crippen LogP contribution in [0.25, 0.3) is 0 Å². The van der Waals surface area contributed by atoms with Crippen LogP contribution in [0.15, 0.2) is 84.9 Å². The molecule has 0 bridgehead atoms. The van der Waals surface area contributed by atoms with Crippen LogP contribution in [0.3, 0.4) is 0 Å². The van der Waals surface area contributed by atoms with Gasteiger partial charge >= 0.3 is 0 Å². The zero-order chi connectivity index (χ0) is 27.5. The van der Waals surface area contributed by atoms with Crippen LogP contribution in [0.5, 0.6) is 5.75 Å². The molecule has 6 nitrogen and oxygen atoms in total. The number of carbonyl (C=O) groups is 2. The fourth-order valence-electron chi connectivity index (χ4n) is 6.47. The van der Waals surface area contributed by atoms with E-state index >= 15 is 0 Å². The monoisotopic (exact) mass is 525 g/mol. The third-order valence-electron chi connectivity index (χ3n) is 8.61. The number of hydrogen-bond donors (Lipinski definition) is 1. The van der Waals surface area contributed by atoms with Gasteiger partial charge < -0.3 is 19.9 Å². The van der Waals surface area contributed by atoms with Gasteiger partial charge in [-0.05, 0) is 54.0 Å². The van der Waals surface area contributed by atoms with Crippen LogP contribution in [-0.2, 0) is 27.1 Å². The molecule has 0 spiro atoms. The molecule has 0 radical (unpaired) electrons. The first-order valence-corrected chi connectivity index (χ1v) is 13.9. The molecule has 3 aromatic carbocycles. The van der Waals surface area contributed by atoms with E-state index in [1.807, 2.05) is 66.5 Å². The highest BCUT2D eigenvalue weighted by molar-refractivity contribution is 5.92. The lowest BCUT2D eigenvalue weighted by atomic mass is 9.80. The van der Waals surface area contributed by atoms with Gasteiger partial charge in [0.15, 0.2) is 0 Å². The van der Waals surface area contributed by atoms with E-state index in [2.05, 4.69) is 40.5 Å². The maximum atomic E-state index is 14.1. The molecule has 0 unspecified atom stereocenters. The Morgan fingerprint density at radius 1 is 0.949 bits per heavy atom. The van der Waals surface area contributed by atoms with Gasteiger partial charge in [0.05, 0.1) is 18.1 Å². The number of ether oxygens (including phenoxy) is 1. The number of likely N-dealkylation sites (tertiary alicyclic amines) is 1. The minimum absolute atomic E-state index is 0.00131. The summed E-state index contributed by atoms with van der Waals surface area (Å²) in [7, 11) is 3.58. The van der Waals surface area contributed by atoms with Crippen LogP contribution >= 0.6 is 0 Å². The maximum absolute atomic E-state index is 14.1. The Balaban J connectivity index is 1.33. The molecule has 39 heavy (non-hydrogen) atoms. The van der Waals surface area contributed by atoms with Crippen molar-refractivity contribution in [2.75, 3.05) is 33.8 Å². The van der Waals surface area contributed by atoms with Gasteiger partial charge in [0.25, 0.3) is 0 Å². The smallest absolute Gasteiger partial charge is 0.233 e. The Labute approximate surface area is 232 Å². The average Bonchev–Trinajstić information content (AvgIpc) is 3.69. The van der Waals surface area contributed by atoms with E-state index in [1.165, 1.54) is 0 Å². The normalized spacial score (nSPS) is 22.1. The molecule has 1 aliphatic carbocycles. The Kier molecular flexibility index (Phi) is 7.76. The summed E-state index contributed by atoms with van der Waals surface area (Å²) >= 11 is 0. The summed E-state index contributed by atoms with van der Waals surface area (Å²) in [6.45, 7) is 4.77. The summed E-state index contributed by atoms with van der Waals surface area (Å²) in [4.78, 5) is 30.6. The second kappa shape index (κ2) is 11.2. The van der Waals surface area contributed by atoms with Crippen LogP contribution in [0.1, 0.15) is 42.9 Å². The van der Waals surface area contributed by atoms with Crippen LogP contribution in [0.2, 0.25) is 0 Å². The molecule has 5 rings (SSSR count). The number of methoxy groups -OCH3 is 1. The maximum Gasteiger partial charge on any atom is 0.233 e. The largest absolute Gasteiger partial charge is 0.497 e. The standard InChI is InChI=1S/C33H39N3O3/c1-25(37)34-32(27-13-8-5-9-14-27)17-19-36(20-18-32)24-29-22-33(29,28-15-10-16-30(21-28)39-3)31(38)35(2)23-26-11-6-4-7-12-26/h4-16,21,29H,17-20,22-24H2,1-3H3,(H,34,37)/t29-,33+/m0/s1. The summed E-state index contributed by atoms with van der Waals surface area (Å²) in [6, 6.07) is 28.5. The topological polar surface area (TPSA) is 61.9 Å². The molecular weight excluding hydrogens is 486 g/mol. The minimum Gasteiger partial charge on any atom is -0.497 e. The first kappa shape index (κ1) is 26.9. The molecule has 2 aliphatic rings. The number of benzene rings is 3. The van der Waals surface area contributed by atoms with Gasteiger partial charge in [-0.1, -0.05) is 72.8 Å². The quantitative estimate of drug-likeness (QED) is 0.439. The zero-order valence-electron chi connectivity index (χ0n) is 23.2. The van der Waals surface area contributed by atoms with Gasteiger partial charge in [-0.2, -0.15) is 0 Å². The molecule has 0 aromatic heterocycles. The Hall–Kier alpha value is -3.64. The van der Waals surface area contributed by atoms with Crippen molar-refractivity contribution in [2.24, 2.45) is 5.92 Å². The van der Waals surface area contributed by atoms with E-state index in [9.17, 15) is 9.59 Å². The van der Waals surface area contributed by atoms with E-state index in [-0.39, 0.29) is 23.3 Å². The minimum atomic E-state index is -0.552.